The molecule has 7 nitrogen and oxygen atoms in total. The Morgan fingerprint density at radius 1 is 1.18 bits per heavy atom. The molecule has 0 radical (unpaired) electrons. The molecule has 0 amide bonds. The minimum Gasteiger partial charge on any atom is -0.619 e. The molecule has 2 rings (SSSR count). The van der Waals surface area contributed by atoms with Crippen LogP contribution in [-0.4, -0.2) is 29.0 Å². The van der Waals surface area contributed by atoms with Crippen molar-refractivity contribution in [3.05, 3.63) is 29.7 Å². The molecule has 0 spiro atoms. The number of hydrogen-bond acceptors (Lipinski definition) is 6. The van der Waals surface area contributed by atoms with Crippen molar-refractivity contribution in [1.82, 2.24) is 15.0 Å². The normalized spacial score (nSPS) is 10.2. The first kappa shape index (κ1) is 11.1. The van der Waals surface area contributed by atoms with Crippen LogP contribution in [0.5, 0.6) is 0 Å². The van der Waals surface area contributed by atoms with E-state index in [0.717, 1.165) is 0 Å². The molecule has 17 heavy (non-hydrogen) atoms. The van der Waals surface area contributed by atoms with E-state index in [0.29, 0.717) is 22.1 Å². The molecule has 2 aromatic rings. The molecule has 0 saturated carbocycles. The summed E-state index contributed by atoms with van der Waals surface area (Å²) in [5, 5.41) is 10.9. The fourth-order valence-corrected chi connectivity index (χ4v) is 1.27. The molecule has 2 heterocycles. The Kier molecular flexibility index (Phi) is 2.73. The molecule has 0 aliphatic rings. The van der Waals surface area contributed by atoms with Crippen molar-refractivity contribution in [2.24, 2.45) is 0 Å². The molecule has 0 aliphatic heterocycles. The maximum atomic E-state index is 10.9. The van der Waals surface area contributed by atoms with E-state index in [4.69, 9.17) is 5.73 Å². The predicted octanol–water partition coefficient (Wildman–Crippen LogP) is -0.180. The van der Waals surface area contributed by atoms with Crippen LogP contribution in [0, 0.1) is 5.21 Å². The number of anilines is 2. The lowest BCUT2D eigenvalue weighted by Crippen LogP contribution is -2.23. The van der Waals surface area contributed by atoms with Crippen LogP contribution in [0.3, 0.4) is 0 Å². The molecule has 0 bridgehead atoms. The van der Waals surface area contributed by atoms with Gasteiger partial charge in [0.25, 0.3) is 0 Å². The van der Waals surface area contributed by atoms with Gasteiger partial charge in [0.15, 0.2) is 18.2 Å². The second-order valence-corrected chi connectivity index (χ2v) is 3.66. The third kappa shape index (κ3) is 2.39. The summed E-state index contributed by atoms with van der Waals surface area (Å²) in [6.45, 7) is 0. The summed E-state index contributed by atoms with van der Waals surface area (Å²) in [5.41, 5.74) is 6.33. The Bertz CT molecular complexity index is 525. The van der Waals surface area contributed by atoms with Crippen molar-refractivity contribution >= 4 is 11.9 Å². The molecular formula is C10H12N6O. The van der Waals surface area contributed by atoms with Gasteiger partial charge in [0, 0.05) is 31.8 Å². The van der Waals surface area contributed by atoms with Gasteiger partial charge in [-0.25, -0.2) is 0 Å². The summed E-state index contributed by atoms with van der Waals surface area (Å²) in [7, 11) is 3.63. The first-order valence-electron chi connectivity index (χ1n) is 4.94. The Morgan fingerprint density at radius 3 is 2.41 bits per heavy atom. The Labute approximate surface area is 98.2 Å². The number of nitrogens with zero attached hydrogens (tertiary/aromatic N) is 5. The lowest BCUT2D eigenvalue weighted by atomic mass is 10.2. The number of aromatic nitrogens is 4. The van der Waals surface area contributed by atoms with Crippen molar-refractivity contribution in [1.29, 1.82) is 0 Å². The number of nitrogens with two attached hydrogens (primary N) is 1. The van der Waals surface area contributed by atoms with Gasteiger partial charge in [0.05, 0.1) is 0 Å². The van der Waals surface area contributed by atoms with Gasteiger partial charge in [-0.15, -0.1) is 0 Å². The molecular weight excluding hydrogens is 220 g/mol. The topological polar surface area (TPSA) is 94.9 Å². The van der Waals surface area contributed by atoms with Crippen molar-refractivity contribution in [2.75, 3.05) is 24.7 Å². The molecule has 0 unspecified atom stereocenters. The highest BCUT2D eigenvalue weighted by Crippen LogP contribution is 2.16. The molecule has 0 aromatic carbocycles. The number of rotatable bonds is 2. The Hall–Kier alpha value is -2.44. The lowest BCUT2D eigenvalue weighted by molar-refractivity contribution is -0.605. The first-order chi connectivity index (χ1) is 8.06. The van der Waals surface area contributed by atoms with Gasteiger partial charge in [-0.1, -0.05) is 0 Å². The SMILES string of the molecule is CN(C)c1nc(N)nc(-c2cc[n+]([O-])cc2)n1. The maximum Gasteiger partial charge on any atom is 0.230 e. The molecule has 88 valence electrons. The molecule has 0 saturated heterocycles. The first-order valence-corrected chi connectivity index (χ1v) is 4.94. The van der Waals surface area contributed by atoms with E-state index in [-0.39, 0.29) is 5.95 Å². The quantitative estimate of drug-likeness (QED) is 0.570. The van der Waals surface area contributed by atoms with E-state index in [1.54, 1.807) is 17.0 Å². The van der Waals surface area contributed by atoms with Gasteiger partial charge in [-0.3, -0.25) is 0 Å². The van der Waals surface area contributed by atoms with Gasteiger partial charge in [-0.2, -0.15) is 19.7 Å². The molecule has 2 N–H and O–H groups in total. The van der Waals surface area contributed by atoms with Gasteiger partial charge in [0.2, 0.25) is 11.9 Å². The number of hydrogen-bond donors (Lipinski definition) is 1. The molecule has 2 aromatic heterocycles. The molecule has 7 heteroatoms. The van der Waals surface area contributed by atoms with Crippen LogP contribution in [0.25, 0.3) is 11.4 Å². The van der Waals surface area contributed by atoms with Crippen LogP contribution in [0.15, 0.2) is 24.5 Å². The zero-order valence-electron chi connectivity index (χ0n) is 9.53. The predicted molar refractivity (Wildman–Crippen MR) is 63.0 cm³/mol. The van der Waals surface area contributed by atoms with Gasteiger partial charge in [-0.05, 0) is 0 Å². The lowest BCUT2D eigenvalue weighted by Gasteiger charge is -2.11. The van der Waals surface area contributed by atoms with Crippen LogP contribution >= 0.6 is 0 Å². The van der Waals surface area contributed by atoms with Gasteiger partial charge < -0.3 is 15.8 Å². The summed E-state index contributed by atoms with van der Waals surface area (Å²) in [4.78, 5) is 14.0. The van der Waals surface area contributed by atoms with E-state index in [9.17, 15) is 5.21 Å². The summed E-state index contributed by atoms with van der Waals surface area (Å²) >= 11 is 0. The van der Waals surface area contributed by atoms with E-state index in [1.807, 2.05) is 14.1 Å². The van der Waals surface area contributed by atoms with Crippen LogP contribution in [-0.2, 0) is 0 Å². The van der Waals surface area contributed by atoms with Gasteiger partial charge >= 0.3 is 0 Å². The average molecular weight is 232 g/mol. The fraction of sp³-hybridized carbons (Fsp3) is 0.200. The summed E-state index contributed by atoms with van der Waals surface area (Å²) in [5.74, 6) is 1.07. The van der Waals surface area contributed by atoms with Crippen molar-refractivity contribution in [2.45, 2.75) is 0 Å². The second-order valence-electron chi connectivity index (χ2n) is 3.66. The molecule has 0 aliphatic carbocycles. The largest absolute Gasteiger partial charge is 0.619 e. The maximum absolute atomic E-state index is 10.9. The molecule has 0 atom stereocenters. The van der Waals surface area contributed by atoms with Crippen molar-refractivity contribution < 1.29 is 4.73 Å². The third-order valence-corrected chi connectivity index (χ3v) is 2.10. The zero-order chi connectivity index (χ0) is 12.4. The fourth-order valence-electron chi connectivity index (χ4n) is 1.27. The number of pyridine rings is 1. The average Bonchev–Trinajstić information content (AvgIpc) is 2.29. The Balaban J connectivity index is 2.48. The van der Waals surface area contributed by atoms with E-state index in [2.05, 4.69) is 15.0 Å². The van der Waals surface area contributed by atoms with Crippen LogP contribution in [0.2, 0.25) is 0 Å². The second kappa shape index (κ2) is 4.20. The van der Waals surface area contributed by atoms with Crippen LogP contribution in [0.1, 0.15) is 0 Å². The van der Waals surface area contributed by atoms with Crippen molar-refractivity contribution in [3.8, 4) is 11.4 Å². The smallest absolute Gasteiger partial charge is 0.230 e. The van der Waals surface area contributed by atoms with Crippen molar-refractivity contribution in [3.63, 3.8) is 0 Å². The standard InChI is InChI=1S/C10H12N6O/c1-15(2)10-13-8(12-9(11)14-10)7-3-5-16(17)6-4-7/h3-6H,1-2H3,(H2,11,12,13,14). The third-order valence-electron chi connectivity index (χ3n) is 2.10. The minimum atomic E-state index is 0.151. The monoisotopic (exact) mass is 232 g/mol. The summed E-state index contributed by atoms with van der Waals surface area (Å²) < 4.78 is 0.695. The highest BCUT2D eigenvalue weighted by Gasteiger charge is 2.08. The highest BCUT2D eigenvalue weighted by molar-refractivity contribution is 5.56. The zero-order valence-corrected chi connectivity index (χ0v) is 9.53. The van der Waals surface area contributed by atoms with Crippen LogP contribution < -0.4 is 15.4 Å². The van der Waals surface area contributed by atoms with E-state index < -0.39 is 0 Å². The summed E-state index contributed by atoms with van der Waals surface area (Å²) in [6.07, 6.45) is 2.76. The summed E-state index contributed by atoms with van der Waals surface area (Å²) in [6, 6.07) is 3.25. The highest BCUT2D eigenvalue weighted by atomic mass is 16.5. The minimum absolute atomic E-state index is 0.151. The van der Waals surface area contributed by atoms with Crippen LogP contribution in [0.4, 0.5) is 11.9 Å². The molecule has 0 fully saturated rings. The number of nitrogen functional groups attached to an aromatic ring is 1. The Morgan fingerprint density at radius 2 is 1.82 bits per heavy atom. The van der Waals surface area contributed by atoms with E-state index >= 15 is 0 Å². The van der Waals surface area contributed by atoms with Gasteiger partial charge in [0.1, 0.15) is 0 Å². The van der Waals surface area contributed by atoms with E-state index in [1.165, 1.54) is 12.4 Å².